The molecule has 0 unspecified atom stereocenters. The van der Waals surface area contributed by atoms with Crippen molar-refractivity contribution in [3.05, 3.63) is 29.8 Å². The van der Waals surface area contributed by atoms with E-state index in [0.717, 1.165) is 0 Å². The molecule has 2 aliphatic rings. The molecule has 0 radical (unpaired) electrons. The van der Waals surface area contributed by atoms with Gasteiger partial charge in [0.15, 0.2) is 12.0 Å². The standard InChI is InChI=1S/C48H77N13O13/c1-6-26(4)38(58-43(69)33(23-28-13-15-29(63)16-14-28)55-37(65)24-54-41(67)32(17-18-36(50)64)56-40(66)30(49)22-25(2)3)46(72)61-21-9-12-35(61)45(71)60-20-8-11-34(60)44(70)57-31(10-7-19-53-48(51)52)42(68)59-39(27(5)62)47(73)74/h13-16,25-27,30-35,38-39,62-63H,6-12,17-24,49H2,1-5H3,(H2,50,64)(H,54,67)(H,55,65)(H,56,66)(H,57,70)(H,58,69)(H,59,68)(H,73,74)(H4,51,52,53)/t26-,27+,30-,31-,32-,33-,34-,35-,38-,39-/m0/s1. The van der Waals surface area contributed by atoms with Crippen LogP contribution in [0.15, 0.2) is 29.3 Å². The lowest BCUT2D eigenvalue weighted by molar-refractivity contribution is -0.149. The highest BCUT2D eigenvalue weighted by molar-refractivity contribution is 5.98. The van der Waals surface area contributed by atoms with Gasteiger partial charge in [0.1, 0.15) is 42.0 Å². The van der Waals surface area contributed by atoms with Crippen LogP contribution >= 0.6 is 0 Å². The van der Waals surface area contributed by atoms with Crippen molar-refractivity contribution in [2.45, 2.75) is 160 Å². The molecule has 2 heterocycles. The number of carbonyl (C=O) groups is 10. The van der Waals surface area contributed by atoms with Gasteiger partial charge in [-0.05, 0) is 87.8 Å². The van der Waals surface area contributed by atoms with Crippen LogP contribution in [-0.2, 0) is 54.4 Å². The highest BCUT2D eigenvalue weighted by atomic mass is 16.4. The number of phenols is 1. The van der Waals surface area contributed by atoms with Crippen molar-refractivity contribution in [2.75, 3.05) is 26.2 Å². The van der Waals surface area contributed by atoms with Gasteiger partial charge in [0, 0.05) is 32.5 Å². The molecule has 0 aromatic heterocycles. The van der Waals surface area contributed by atoms with Crippen molar-refractivity contribution in [1.82, 2.24) is 41.7 Å². The topological polar surface area (TPSA) is 426 Å². The number of hydrogen-bond donors (Lipinski definition) is 13. The number of amides is 9. The van der Waals surface area contributed by atoms with E-state index < -0.39 is 126 Å². The van der Waals surface area contributed by atoms with E-state index in [1.54, 1.807) is 13.8 Å². The van der Waals surface area contributed by atoms with Crippen molar-refractivity contribution in [3.63, 3.8) is 0 Å². The van der Waals surface area contributed by atoms with Crippen LogP contribution in [0.4, 0.5) is 0 Å². The number of aliphatic imine (C=N–C) groups is 1. The van der Waals surface area contributed by atoms with Gasteiger partial charge >= 0.3 is 5.97 Å². The smallest absolute Gasteiger partial charge is 0.328 e. The molecule has 26 nitrogen and oxygen atoms in total. The number of phenolic OH excluding ortho intramolecular Hbond substituents is 1. The van der Waals surface area contributed by atoms with Crippen molar-refractivity contribution in [2.24, 2.45) is 39.8 Å². The summed E-state index contributed by atoms with van der Waals surface area (Å²) in [4.78, 5) is 140. The van der Waals surface area contributed by atoms with Crippen LogP contribution in [0.3, 0.4) is 0 Å². The van der Waals surface area contributed by atoms with Gasteiger partial charge in [-0.1, -0.05) is 46.2 Å². The Morgan fingerprint density at radius 1 is 0.743 bits per heavy atom. The first-order chi connectivity index (χ1) is 34.8. The molecule has 17 N–H and O–H groups in total. The molecule has 2 aliphatic heterocycles. The number of aromatic hydroxyl groups is 1. The maximum Gasteiger partial charge on any atom is 0.328 e. The van der Waals surface area contributed by atoms with Crippen molar-refractivity contribution in [3.8, 4) is 5.75 Å². The molecule has 3 rings (SSSR count). The molecule has 9 amide bonds. The third kappa shape index (κ3) is 19.1. The summed E-state index contributed by atoms with van der Waals surface area (Å²) in [6, 6.07) is -4.12. The third-order valence-corrected chi connectivity index (χ3v) is 12.9. The lowest BCUT2D eigenvalue weighted by atomic mass is 9.96. The van der Waals surface area contributed by atoms with Crippen LogP contribution in [0.5, 0.6) is 5.75 Å². The van der Waals surface area contributed by atoms with E-state index in [1.165, 1.54) is 41.0 Å². The predicted molar refractivity (Wildman–Crippen MR) is 268 cm³/mol. The van der Waals surface area contributed by atoms with E-state index in [4.69, 9.17) is 22.9 Å². The molecule has 0 bridgehead atoms. The molecule has 74 heavy (non-hydrogen) atoms. The van der Waals surface area contributed by atoms with Gasteiger partial charge in [0.25, 0.3) is 0 Å². The molecular weight excluding hydrogens is 967 g/mol. The van der Waals surface area contributed by atoms with Crippen molar-refractivity contribution in [1.29, 1.82) is 0 Å². The summed E-state index contributed by atoms with van der Waals surface area (Å²) in [7, 11) is 0. The first-order valence-corrected chi connectivity index (χ1v) is 25.0. The number of nitrogens with two attached hydrogens (primary N) is 4. The van der Waals surface area contributed by atoms with Crippen molar-refractivity contribution < 1.29 is 63.3 Å². The summed E-state index contributed by atoms with van der Waals surface area (Å²) in [5.74, 6) is -8.78. The predicted octanol–water partition coefficient (Wildman–Crippen LogP) is -3.34. The van der Waals surface area contributed by atoms with Gasteiger partial charge in [-0.2, -0.15) is 0 Å². The zero-order valence-corrected chi connectivity index (χ0v) is 42.8. The molecule has 0 spiro atoms. The van der Waals surface area contributed by atoms with Crippen LogP contribution < -0.4 is 54.8 Å². The summed E-state index contributed by atoms with van der Waals surface area (Å²) < 4.78 is 0. The van der Waals surface area contributed by atoms with E-state index in [1.807, 2.05) is 13.8 Å². The number of aliphatic hydroxyl groups is 1. The maximum absolute atomic E-state index is 14.6. The lowest BCUT2D eigenvalue weighted by Crippen LogP contribution is -2.60. The van der Waals surface area contributed by atoms with E-state index in [-0.39, 0.29) is 82.2 Å². The number of benzene rings is 1. The second kappa shape index (κ2) is 29.6. The van der Waals surface area contributed by atoms with Crippen LogP contribution in [0, 0.1) is 11.8 Å². The van der Waals surface area contributed by atoms with Crippen LogP contribution in [0.2, 0.25) is 0 Å². The Kier molecular flexibility index (Phi) is 24.5. The molecule has 26 heteroatoms. The van der Waals surface area contributed by atoms with Crippen LogP contribution in [0.1, 0.15) is 104 Å². The summed E-state index contributed by atoms with van der Waals surface area (Å²) in [5.41, 5.74) is 22.6. The average molecular weight is 1040 g/mol. The van der Waals surface area contributed by atoms with Gasteiger partial charge < -0.3 is 80.0 Å². The highest BCUT2D eigenvalue weighted by Gasteiger charge is 2.45. The summed E-state index contributed by atoms with van der Waals surface area (Å²) in [6.07, 6.45) is 0.00536. The monoisotopic (exact) mass is 1040 g/mol. The second-order valence-electron chi connectivity index (χ2n) is 19.3. The minimum absolute atomic E-state index is 0.0411. The fraction of sp³-hybridized carbons (Fsp3) is 0.646. The molecule has 412 valence electrons. The van der Waals surface area contributed by atoms with Gasteiger partial charge in [-0.25, -0.2) is 4.79 Å². The Labute approximate surface area is 430 Å². The first-order valence-electron chi connectivity index (χ1n) is 25.0. The number of nitrogens with zero attached hydrogens (tertiary/aromatic N) is 3. The number of rotatable bonds is 29. The van der Waals surface area contributed by atoms with E-state index in [9.17, 15) is 63.3 Å². The summed E-state index contributed by atoms with van der Waals surface area (Å²) in [5, 5.41) is 44.7. The second-order valence-corrected chi connectivity index (χ2v) is 19.3. The Hall–Kier alpha value is -7.09. The van der Waals surface area contributed by atoms with Crippen LogP contribution in [-0.4, -0.2) is 171 Å². The summed E-state index contributed by atoms with van der Waals surface area (Å²) in [6.45, 7) is 8.10. The van der Waals surface area contributed by atoms with E-state index in [0.29, 0.717) is 31.2 Å². The van der Waals surface area contributed by atoms with Gasteiger partial charge in [0.05, 0.1) is 18.7 Å². The van der Waals surface area contributed by atoms with Gasteiger partial charge in [0.2, 0.25) is 53.2 Å². The number of guanidine groups is 1. The molecule has 0 saturated carbocycles. The molecule has 1 aromatic carbocycles. The van der Waals surface area contributed by atoms with Crippen molar-refractivity contribution >= 4 is 65.1 Å². The largest absolute Gasteiger partial charge is 0.508 e. The SMILES string of the molecule is CC[C@H](C)[C@H](NC(=O)[C@H](Cc1ccc(O)cc1)NC(=O)CNC(=O)[C@H](CCC(N)=O)NC(=O)[C@@H](N)CC(C)C)C(=O)N1CCC[C@H]1C(=O)N1CCC[C@H]1C(=O)N[C@@H](CCCN=C(N)N)C(=O)N[C@H](C(=O)O)[C@@H](C)O. The summed E-state index contributed by atoms with van der Waals surface area (Å²) >= 11 is 0. The Balaban J connectivity index is 1.82. The number of aliphatic carboxylic acids is 1. The normalized spacial score (nSPS) is 18.5. The molecular formula is C48H77N13O13. The Morgan fingerprint density at radius 3 is 1.92 bits per heavy atom. The number of aliphatic hydroxyl groups excluding tert-OH is 1. The molecule has 0 aliphatic carbocycles. The fourth-order valence-electron chi connectivity index (χ4n) is 8.64. The Bertz CT molecular complexity index is 2170. The van der Waals surface area contributed by atoms with Crippen LogP contribution in [0.25, 0.3) is 0 Å². The number of carboxylic acids is 1. The first kappa shape index (κ1) is 61.2. The quantitative estimate of drug-likeness (QED) is 0.0212. The number of carbonyl (C=O) groups excluding carboxylic acids is 9. The minimum Gasteiger partial charge on any atom is -0.508 e. The van der Waals surface area contributed by atoms with E-state index >= 15 is 0 Å². The average Bonchev–Trinajstić information content (AvgIpc) is 4.04. The molecule has 1 aromatic rings. The lowest BCUT2D eigenvalue weighted by Gasteiger charge is -2.35. The van der Waals surface area contributed by atoms with E-state index in [2.05, 4.69) is 36.9 Å². The number of carboxylic acid groups (broad SMARTS) is 1. The number of hydrogen-bond acceptors (Lipinski definition) is 14. The maximum atomic E-state index is 14.6. The fourth-order valence-corrected chi connectivity index (χ4v) is 8.64. The number of primary amides is 1. The molecule has 2 saturated heterocycles. The number of likely N-dealkylation sites (tertiary alicyclic amines) is 2. The Morgan fingerprint density at radius 2 is 1.34 bits per heavy atom. The zero-order chi connectivity index (χ0) is 55.4. The van der Waals surface area contributed by atoms with Gasteiger partial charge in [-0.15, -0.1) is 0 Å². The third-order valence-electron chi connectivity index (χ3n) is 12.9. The minimum atomic E-state index is -1.69. The number of nitrogens with one attached hydrogen (secondary N) is 6. The van der Waals surface area contributed by atoms with Gasteiger partial charge in [-0.3, -0.25) is 48.1 Å². The zero-order valence-electron chi connectivity index (χ0n) is 42.8. The molecule has 2 fully saturated rings. The molecule has 10 atom stereocenters. The highest BCUT2D eigenvalue weighted by Crippen LogP contribution is 2.27.